The quantitative estimate of drug-likeness (QED) is 0.772. The molecule has 0 saturated heterocycles. The lowest BCUT2D eigenvalue weighted by Crippen LogP contribution is -2.08. The van der Waals surface area contributed by atoms with Gasteiger partial charge >= 0.3 is 0 Å². The third-order valence-corrected chi connectivity index (χ3v) is 2.28. The summed E-state index contributed by atoms with van der Waals surface area (Å²) in [6.07, 6.45) is 5.05. The van der Waals surface area contributed by atoms with Crippen molar-refractivity contribution in [2.24, 2.45) is 0 Å². The molecular weight excluding hydrogens is 202 g/mol. The highest BCUT2D eigenvalue weighted by atomic mass is 16.3. The summed E-state index contributed by atoms with van der Waals surface area (Å²) in [6.45, 7) is 2.01. The number of hydrogen-bond acceptors (Lipinski definition) is 4. The number of nitrogens with one attached hydrogen (secondary N) is 1. The molecule has 0 aliphatic rings. The van der Waals surface area contributed by atoms with E-state index in [0.717, 1.165) is 11.4 Å². The Labute approximate surface area is 94.0 Å². The van der Waals surface area contributed by atoms with Gasteiger partial charge in [0.25, 0.3) is 0 Å². The Hall–Kier alpha value is -2.10. The number of phenolic OH excluding ortho intramolecular Hbond substituents is 1. The predicted molar refractivity (Wildman–Crippen MR) is 62.2 cm³/mol. The summed E-state index contributed by atoms with van der Waals surface area (Å²) in [7, 11) is 0. The second kappa shape index (κ2) is 4.61. The zero-order valence-electron chi connectivity index (χ0n) is 8.96. The Bertz CT molecular complexity index is 442. The summed E-state index contributed by atoms with van der Waals surface area (Å²) in [6, 6.07) is 7.01. The topological polar surface area (TPSA) is 58.0 Å². The van der Waals surface area contributed by atoms with Gasteiger partial charge in [0.1, 0.15) is 5.75 Å². The molecule has 1 aromatic carbocycles. The lowest BCUT2D eigenvalue weighted by Gasteiger charge is -2.14. The van der Waals surface area contributed by atoms with Crippen molar-refractivity contribution in [3.05, 3.63) is 48.5 Å². The van der Waals surface area contributed by atoms with Gasteiger partial charge in [0.2, 0.25) is 0 Å². The van der Waals surface area contributed by atoms with Crippen molar-refractivity contribution in [1.82, 2.24) is 9.97 Å². The van der Waals surface area contributed by atoms with Crippen molar-refractivity contribution < 1.29 is 5.11 Å². The molecule has 4 heteroatoms. The maximum absolute atomic E-state index is 9.16. The molecule has 82 valence electrons. The van der Waals surface area contributed by atoms with Gasteiger partial charge in [0, 0.05) is 18.1 Å². The fraction of sp³-hybridized carbons (Fsp3) is 0.167. The van der Waals surface area contributed by atoms with Crippen molar-refractivity contribution in [2.45, 2.75) is 13.0 Å². The molecule has 0 aliphatic heterocycles. The maximum atomic E-state index is 9.16. The number of anilines is 1. The van der Waals surface area contributed by atoms with Gasteiger partial charge in [-0.05, 0) is 31.2 Å². The molecule has 0 bridgehead atoms. The summed E-state index contributed by atoms with van der Waals surface area (Å²) in [5.74, 6) is 0.262. The Kier molecular flexibility index (Phi) is 3.00. The van der Waals surface area contributed by atoms with E-state index in [2.05, 4.69) is 15.3 Å². The predicted octanol–water partition coefficient (Wildman–Crippen LogP) is 2.36. The number of hydrogen-bond donors (Lipinski definition) is 2. The molecular formula is C12H13N3O. The standard InChI is InChI=1S/C12H13N3O/c1-9(12-8-13-6-7-14-12)15-10-2-4-11(16)5-3-10/h2-9,15-16H,1H3. The van der Waals surface area contributed by atoms with Gasteiger partial charge < -0.3 is 10.4 Å². The van der Waals surface area contributed by atoms with Gasteiger partial charge in [-0.3, -0.25) is 9.97 Å². The fourth-order valence-corrected chi connectivity index (χ4v) is 1.42. The fourth-order valence-electron chi connectivity index (χ4n) is 1.42. The zero-order valence-corrected chi connectivity index (χ0v) is 8.96. The normalized spacial score (nSPS) is 12.1. The molecule has 4 nitrogen and oxygen atoms in total. The number of aromatic hydroxyl groups is 1. The number of phenols is 1. The Morgan fingerprint density at radius 2 is 1.94 bits per heavy atom. The van der Waals surface area contributed by atoms with Crippen molar-refractivity contribution in [3.8, 4) is 5.75 Å². The minimum atomic E-state index is 0.0817. The lowest BCUT2D eigenvalue weighted by molar-refractivity contribution is 0.475. The summed E-state index contributed by atoms with van der Waals surface area (Å²) < 4.78 is 0. The smallest absolute Gasteiger partial charge is 0.115 e. The molecule has 2 rings (SSSR count). The van der Waals surface area contributed by atoms with Crippen LogP contribution in [0.2, 0.25) is 0 Å². The third kappa shape index (κ3) is 2.48. The largest absolute Gasteiger partial charge is 0.508 e. The molecule has 1 unspecified atom stereocenters. The highest BCUT2D eigenvalue weighted by Gasteiger charge is 2.05. The van der Waals surface area contributed by atoms with Crippen LogP contribution in [0.4, 0.5) is 5.69 Å². The van der Waals surface area contributed by atoms with Crippen LogP contribution in [-0.4, -0.2) is 15.1 Å². The van der Waals surface area contributed by atoms with Gasteiger partial charge in [-0.1, -0.05) is 0 Å². The second-order valence-corrected chi connectivity index (χ2v) is 3.54. The van der Waals surface area contributed by atoms with Crippen LogP contribution < -0.4 is 5.32 Å². The molecule has 2 aromatic rings. The van der Waals surface area contributed by atoms with Crippen LogP contribution in [0.15, 0.2) is 42.9 Å². The van der Waals surface area contributed by atoms with E-state index in [1.54, 1.807) is 30.7 Å². The van der Waals surface area contributed by atoms with Crippen LogP contribution in [0.1, 0.15) is 18.7 Å². The van der Waals surface area contributed by atoms with Crippen molar-refractivity contribution in [3.63, 3.8) is 0 Å². The Morgan fingerprint density at radius 3 is 2.56 bits per heavy atom. The van der Waals surface area contributed by atoms with Crippen molar-refractivity contribution in [1.29, 1.82) is 0 Å². The first kappa shape index (κ1) is 10.4. The molecule has 0 spiro atoms. The molecule has 2 N–H and O–H groups in total. The first-order chi connectivity index (χ1) is 7.75. The van der Waals surface area contributed by atoms with Gasteiger partial charge in [0.15, 0.2) is 0 Å². The van der Waals surface area contributed by atoms with E-state index in [1.807, 2.05) is 19.1 Å². The number of aromatic nitrogens is 2. The first-order valence-corrected chi connectivity index (χ1v) is 5.07. The van der Waals surface area contributed by atoms with E-state index in [1.165, 1.54) is 0 Å². The summed E-state index contributed by atoms with van der Waals surface area (Å²) in [5, 5.41) is 12.4. The van der Waals surface area contributed by atoms with E-state index in [9.17, 15) is 0 Å². The molecule has 1 atom stereocenters. The maximum Gasteiger partial charge on any atom is 0.115 e. The van der Waals surface area contributed by atoms with Crippen molar-refractivity contribution in [2.75, 3.05) is 5.32 Å². The van der Waals surface area contributed by atoms with Crippen LogP contribution in [0.3, 0.4) is 0 Å². The second-order valence-electron chi connectivity index (χ2n) is 3.54. The highest BCUT2D eigenvalue weighted by Crippen LogP contribution is 2.19. The summed E-state index contributed by atoms with van der Waals surface area (Å²) in [4.78, 5) is 8.24. The Balaban J connectivity index is 2.08. The van der Waals surface area contributed by atoms with Crippen LogP contribution in [0.5, 0.6) is 5.75 Å². The highest BCUT2D eigenvalue weighted by molar-refractivity contribution is 5.47. The van der Waals surface area contributed by atoms with Gasteiger partial charge in [-0.15, -0.1) is 0 Å². The average Bonchev–Trinajstić information content (AvgIpc) is 2.33. The first-order valence-electron chi connectivity index (χ1n) is 5.07. The molecule has 0 aliphatic carbocycles. The number of rotatable bonds is 3. The Morgan fingerprint density at radius 1 is 1.19 bits per heavy atom. The van der Waals surface area contributed by atoms with Crippen LogP contribution >= 0.6 is 0 Å². The van der Waals surface area contributed by atoms with Crippen LogP contribution in [0.25, 0.3) is 0 Å². The zero-order chi connectivity index (χ0) is 11.4. The van der Waals surface area contributed by atoms with E-state index in [4.69, 9.17) is 5.11 Å². The van der Waals surface area contributed by atoms with E-state index < -0.39 is 0 Å². The molecule has 1 aromatic heterocycles. The average molecular weight is 215 g/mol. The number of nitrogens with zero attached hydrogens (tertiary/aromatic N) is 2. The molecule has 0 radical (unpaired) electrons. The van der Waals surface area contributed by atoms with Gasteiger partial charge in [0.05, 0.1) is 17.9 Å². The summed E-state index contributed by atoms with van der Waals surface area (Å²) >= 11 is 0. The molecule has 0 saturated carbocycles. The van der Waals surface area contributed by atoms with E-state index in [-0.39, 0.29) is 11.8 Å². The van der Waals surface area contributed by atoms with Gasteiger partial charge in [-0.25, -0.2) is 0 Å². The minimum absolute atomic E-state index is 0.0817. The third-order valence-electron chi connectivity index (χ3n) is 2.28. The van der Waals surface area contributed by atoms with E-state index >= 15 is 0 Å². The molecule has 16 heavy (non-hydrogen) atoms. The van der Waals surface area contributed by atoms with Crippen molar-refractivity contribution >= 4 is 5.69 Å². The molecule has 1 heterocycles. The molecule has 0 fully saturated rings. The number of benzene rings is 1. The molecule has 0 amide bonds. The monoisotopic (exact) mass is 215 g/mol. The lowest BCUT2D eigenvalue weighted by atomic mass is 10.2. The van der Waals surface area contributed by atoms with Crippen LogP contribution in [0, 0.1) is 0 Å². The summed E-state index contributed by atoms with van der Waals surface area (Å²) in [5.41, 5.74) is 1.83. The van der Waals surface area contributed by atoms with Crippen LogP contribution in [-0.2, 0) is 0 Å². The minimum Gasteiger partial charge on any atom is -0.508 e. The van der Waals surface area contributed by atoms with Gasteiger partial charge in [-0.2, -0.15) is 0 Å². The SMILES string of the molecule is CC(Nc1ccc(O)cc1)c1cnccn1. The van der Waals surface area contributed by atoms with E-state index in [0.29, 0.717) is 0 Å².